The van der Waals surface area contributed by atoms with Gasteiger partial charge in [-0.15, -0.1) is 0 Å². The van der Waals surface area contributed by atoms with E-state index >= 15 is 0 Å². The van der Waals surface area contributed by atoms with E-state index in [9.17, 15) is 21.6 Å². The number of nitrogens with zero attached hydrogens (tertiary/aromatic N) is 2. The number of piperidine rings is 2. The topological polar surface area (TPSA) is 104 Å². The summed E-state index contributed by atoms with van der Waals surface area (Å²) in [4.78, 5) is 13.2. The quantitative estimate of drug-likeness (QED) is 0.500. The van der Waals surface area contributed by atoms with Gasteiger partial charge < -0.3 is 5.32 Å². The highest BCUT2D eigenvalue weighted by Crippen LogP contribution is 2.27. The number of benzene rings is 2. The second-order valence-corrected chi connectivity index (χ2v) is 14.6. The molecule has 2 saturated heterocycles. The molecular weight excluding hydrogens is 510 g/mol. The largest absolute Gasteiger partial charge is 0.378 e. The fourth-order valence-electron chi connectivity index (χ4n) is 5.18. The number of hydrogen-bond donors (Lipinski definition) is 1. The van der Waals surface area contributed by atoms with Gasteiger partial charge in [-0.05, 0) is 73.4 Å². The molecule has 1 N–H and O–H groups in total. The monoisotopic (exact) mass is 547 g/mol. The zero-order valence-electron chi connectivity index (χ0n) is 21.8. The van der Waals surface area contributed by atoms with Crippen molar-refractivity contribution in [2.75, 3.05) is 38.0 Å². The van der Waals surface area contributed by atoms with E-state index in [1.54, 1.807) is 36.4 Å². The average Bonchev–Trinajstić information content (AvgIpc) is 2.87. The molecule has 2 aliphatic rings. The van der Waals surface area contributed by atoms with Crippen LogP contribution in [0.2, 0.25) is 0 Å². The number of carbonyl (C=O) groups excluding carboxylic acids is 1. The SMILES string of the molecule is CC1CCN(S(=O)(=O)c2ccc(NCC(=O)c3cccc(S(=O)(=O)N4CC(C)CC(C)C4)c3)cc2)CC1. The van der Waals surface area contributed by atoms with Crippen molar-refractivity contribution in [2.24, 2.45) is 17.8 Å². The van der Waals surface area contributed by atoms with E-state index in [-0.39, 0.29) is 34.0 Å². The van der Waals surface area contributed by atoms with Gasteiger partial charge in [-0.3, -0.25) is 4.79 Å². The molecule has 8 nitrogen and oxygen atoms in total. The smallest absolute Gasteiger partial charge is 0.243 e. The van der Waals surface area contributed by atoms with E-state index < -0.39 is 20.0 Å². The zero-order valence-corrected chi connectivity index (χ0v) is 23.4. The van der Waals surface area contributed by atoms with Gasteiger partial charge in [-0.1, -0.05) is 32.9 Å². The maximum Gasteiger partial charge on any atom is 0.243 e. The second kappa shape index (κ2) is 11.2. The molecule has 2 atom stereocenters. The first-order valence-electron chi connectivity index (χ1n) is 12.9. The summed E-state index contributed by atoms with van der Waals surface area (Å²) in [5.41, 5.74) is 0.921. The predicted octanol–water partition coefficient (Wildman–Crippen LogP) is 4.07. The van der Waals surface area contributed by atoms with Crippen molar-refractivity contribution in [3.8, 4) is 0 Å². The molecule has 4 rings (SSSR count). The lowest BCUT2D eigenvalue weighted by Gasteiger charge is -2.34. The predicted molar refractivity (Wildman–Crippen MR) is 145 cm³/mol. The summed E-state index contributed by atoms with van der Waals surface area (Å²) in [7, 11) is -7.22. The average molecular weight is 548 g/mol. The fourth-order valence-corrected chi connectivity index (χ4v) is 8.38. The highest BCUT2D eigenvalue weighted by molar-refractivity contribution is 7.89. The third-order valence-corrected chi connectivity index (χ3v) is 11.1. The maximum absolute atomic E-state index is 13.2. The van der Waals surface area contributed by atoms with Crippen LogP contribution in [0, 0.1) is 17.8 Å². The Labute approximate surface area is 221 Å². The molecule has 0 radical (unpaired) electrons. The maximum atomic E-state index is 13.2. The molecule has 0 aromatic heterocycles. The lowest BCUT2D eigenvalue weighted by atomic mass is 9.94. The van der Waals surface area contributed by atoms with Crippen LogP contribution >= 0.6 is 0 Å². The molecular formula is C27H37N3O5S2. The zero-order chi connectivity index (χ0) is 26.8. The number of Topliss-reactive ketones (excluding diaryl/α,β-unsaturated/α-hetero) is 1. The number of rotatable bonds is 8. The second-order valence-electron chi connectivity index (χ2n) is 10.7. The van der Waals surface area contributed by atoms with E-state index in [4.69, 9.17) is 0 Å². The lowest BCUT2D eigenvalue weighted by molar-refractivity contribution is 0.101. The Morgan fingerprint density at radius 2 is 1.41 bits per heavy atom. The third-order valence-electron chi connectivity index (χ3n) is 7.32. The Morgan fingerprint density at radius 3 is 2.03 bits per heavy atom. The van der Waals surface area contributed by atoms with Crippen LogP contribution in [0.1, 0.15) is 50.4 Å². The molecule has 2 aliphatic heterocycles. The first-order chi connectivity index (χ1) is 17.5. The van der Waals surface area contributed by atoms with Crippen molar-refractivity contribution >= 4 is 31.5 Å². The van der Waals surface area contributed by atoms with Crippen molar-refractivity contribution in [2.45, 2.75) is 49.8 Å². The van der Waals surface area contributed by atoms with Crippen LogP contribution in [0.5, 0.6) is 0 Å². The van der Waals surface area contributed by atoms with Crippen molar-refractivity contribution in [1.29, 1.82) is 0 Å². The molecule has 10 heteroatoms. The van der Waals surface area contributed by atoms with Crippen LogP contribution < -0.4 is 5.32 Å². The summed E-state index contributed by atoms with van der Waals surface area (Å²) in [6, 6.07) is 12.6. The van der Waals surface area contributed by atoms with Crippen LogP contribution in [0.25, 0.3) is 0 Å². The Kier molecular flexibility index (Phi) is 8.42. The van der Waals surface area contributed by atoms with Crippen LogP contribution in [-0.2, 0) is 20.0 Å². The van der Waals surface area contributed by atoms with Crippen LogP contribution in [0.4, 0.5) is 5.69 Å². The third kappa shape index (κ3) is 6.42. The van der Waals surface area contributed by atoms with Crippen LogP contribution in [0.15, 0.2) is 58.3 Å². The molecule has 2 unspecified atom stereocenters. The minimum Gasteiger partial charge on any atom is -0.378 e. The summed E-state index contributed by atoms with van der Waals surface area (Å²) in [6.07, 6.45) is 2.72. The summed E-state index contributed by atoms with van der Waals surface area (Å²) >= 11 is 0. The van der Waals surface area contributed by atoms with Gasteiger partial charge in [-0.25, -0.2) is 16.8 Å². The summed E-state index contributed by atoms with van der Waals surface area (Å²) < 4.78 is 55.3. The normalized spacial score (nSPS) is 22.6. The van der Waals surface area contributed by atoms with Gasteiger partial charge in [0.1, 0.15) is 0 Å². The molecule has 0 amide bonds. The van der Waals surface area contributed by atoms with Gasteiger partial charge >= 0.3 is 0 Å². The lowest BCUT2D eigenvalue weighted by Crippen LogP contribution is -2.42. The van der Waals surface area contributed by atoms with Gasteiger partial charge in [0.2, 0.25) is 20.0 Å². The van der Waals surface area contributed by atoms with Crippen LogP contribution in [-0.4, -0.2) is 64.0 Å². The van der Waals surface area contributed by atoms with Crippen molar-refractivity contribution in [3.05, 3.63) is 54.1 Å². The van der Waals surface area contributed by atoms with Crippen molar-refractivity contribution < 1.29 is 21.6 Å². The van der Waals surface area contributed by atoms with Gasteiger partial charge in [0.25, 0.3) is 0 Å². The molecule has 2 aromatic carbocycles. The number of hydrogen-bond acceptors (Lipinski definition) is 6. The molecule has 0 bridgehead atoms. The van der Waals surface area contributed by atoms with Gasteiger partial charge in [-0.2, -0.15) is 8.61 Å². The minimum atomic E-state index is -3.68. The number of sulfonamides is 2. The fraction of sp³-hybridized carbons (Fsp3) is 0.519. The van der Waals surface area contributed by atoms with Gasteiger partial charge in [0, 0.05) is 37.4 Å². The molecule has 0 aliphatic carbocycles. The Balaban J connectivity index is 1.39. The molecule has 2 fully saturated rings. The first kappa shape index (κ1) is 27.8. The molecule has 37 heavy (non-hydrogen) atoms. The number of ketones is 1. The molecule has 202 valence electrons. The summed E-state index contributed by atoms with van der Waals surface area (Å²) in [5, 5.41) is 3.02. The summed E-state index contributed by atoms with van der Waals surface area (Å²) in [5.74, 6) is 0.861. The minimum absolute atomic E-state index is 0.0443. The standard InChI is InChI=1S/C27H37N3O5S2/c1-20-11-13-29(14-12-20)36(32,33)25-9-7-24(8-10-25)28-17-27(31)23-5-4-6-26(16-23)37(34,35)30-18-21(2)15-22(3)19-30/h4-10,16,20-22,28H,11-15,17-19H2,1-3H3. The number of carbonyl (C=O) groups is 1. The highest BCUT2D eigenvalue weighted by atomic mass is 32.2. The molecule has 2 heterocycles. The Hall–Kier alpha value is -2.27. The molecule has 0 saturated carbocycles. The Morgan fingerprint density at radius 1 is 0.811 bits per heavy atom. The van der Waals surface area contributed by atoms with E-state index in [1.165, 1.54) is 20.7 Å². The van der Waals surface area contributed by atoms with Gasteiger partial charge in [0.15, 0.2) is 5.78 Å². The van der Waals surface area contributed by atoms with Gasteiger partial charge in [0.05, 0.1) is 16.3 Å². The molecule has 2 aromatic rings. The number of anilines is 1. The van der Waals surface area contributed by atoms with E-state index in [1.807, 2.05) is 0 Å². The van der Waals surface area contributed by atoms with Crippen LogP contribution in [0.3, 0.4) is 0 Å². The van der Waals surface area contributed by atoms with E-state index in [2.05, 4.69) is 26.1 Å². The van der Waals surface area contributed by atoms with E-state index in [0.29, 0.717) is 43.3 Å². The van der Waals surface area contributed by atoms with Crippen molar-refractivity contribution in [1.82, 2.24) is 8.61 Å². The van der Waals surface area contributed by atoms with Crippen molar-refractivity contribution in [3.63, 3.8) is 0 Å². The molecule has 0 spiro atoms. The number of nitrogens with one attached hydrogen (secondary N) is 1. The highest BCUT2D eigenvalue weighted by Gasteiger charge is 2.32. The summed E-state index contributed by atoms with van der Waals surface area (Å²) in [6.45, 7) is 8.22. The first-order valence-corrected chi connectivity index (χ1v) is 15.8. The Bertz CT molecular complexity index is 1310. The van der Waals surface area contributed by atoms with E-state index in [0.717, 1.165) is 19.3 Å².